The number of nitrogens with one attached hydrogen (secondary N) is 1. The third-order valence-corrected chi connectivity index (χ3v) is 4.62. The zero-order valence-corrected chi connectivity index (χ0v) is 15.5. The second kappa shape index (κ2) is 8.22. The van der Waals surface area contributed by atoms with Crippen molar-refractivity contribution in [3.8, 4) is 0 Å². The second-order valence-electron chi connectivity index (χ2n) is 6.14. The Morgan fingerprint density at radius 1 is 1.19 bits per heavy atom. The summed E-state index contributed by atoms with van der Waals surface area (Å²) in [6, 6.07) is 13.5. The Morgan fingerprint density at radius 3 is 2.56 bits per heavy atom. The fraction of sp³-hybridized carbons (Fsp3) is 0.250. The standard InChI is InChI=1S/C20H19ClN2O4/c1-2-27-20(26)13-7-9-15(10-8-13)22-19(25)14-11-18(24)23(12-14)17-6-4-3-5-16(17)21/h3-10,14H,2,11-12H2,1H3,(H,22,25). The van der Waals surface area contributed by atoms with E-state index in [4.69, 9.17) is 16.3 Å². The number of para-hydroxylation sites is 1. The Kier molecular flexibility index (Phi) is 5.76. The Morgan fingerprint density at radius 2 is 1.89 bits per heavy atom. The van der Waals surface area contributed by atoms with Gasteiger partial charge in [0.15, 0.2) is 0 Å². The van der Waals surface area contributed by atoms with Gasteiger partial charge >= 0.3 is 5.97 Å². The molecule has 2 aromatic rings. The number of hydrogen-bond acceptors (Lipinski definition) is 4. The van der Waals surface area contributed by atoms with Crippen LogP contribution in [-0.2, 0) is 14.3 Å². The van der Waals surface area contributed by atoms with Gasteiger partial charge in [0.2, 0.25) is 11.8 Å². The van der Waals surface area contributed by atoms with Gasteiger partial charge in [-0.2, -0.15) is 0 Å². The van der Waals surface area contributed by atoms with Crippen LogP contribution in [0.2, 0.25) is 5.02 Å². The first kappa shape index (κ1) is 18.9. The van der Waals surface area contributed by atoms with Gasteiger partial charge < -0.3 is 15.0 Å². The highest BCUT2D eigenvalue weighted by atomic mass is 35.5. The highest BCUT2D eigenvalue weighted by Crippen LogP contribution is 2.31. The molecule has 0 aromatic heterocycles. The Bertz CT molecular complexity index is 867. The smallest absolute Gasteiger partial charge is 0.338 e. The number of hydrogen-bond donors (Lipinski definition) is 1. The van der Waals surface area contributed by atoms with Gasteiger partial charge in [-0.25, -0.2) is 4.79 Å². The van der Waals surface area contributed by atoms with Gasteiger partial charge in [-0.05, 0) is 43.3 Å². The van der Waals surface area contributed by atoms with Gasteiger partial charge in [-0.15, -0.1) is 0 Å². The van der Waals surface area contributed by atoms with Gasteiger partial charge in [-0.1, -0.05) is 23.7 Å². The van der Waals surface area contributed by atoms with Crippen LogP contribution < -0.4 is 10.2 Å². The zero-order valence-electron chi connectivity index (χ0n) is 14.8. The zero-order chi connectivity index (χ0) is 19.4. The van der Waals surface area contributed by atoms with Crippen molar-refractivity contribution in [3.05, 3.63) is 59.1 Å². The van der Waals surface area contributed by atoms with Crippen LogP contribution in [0, 0.1) is 5.92 Å². The van der Waals surface area contributed by atoms with Crippen LogP contribution in [0.4, 0.5) is 11.4 Å². The van der Waals surface area contributed by atoms with Crippen molar-refractivity contribution >= 4 is 40.8 Å². The minimum absolute atomic E-state index is 0.123. The summed E-state index contributed by atoms with van der Waals surface area (Å²) in [4.78, 5) is 38.0. The van der Waals surface area contributed by atoms with E-state index in [-0.39, 0.29) is 24.8 Å². The summed E-state index contributed by atoms with van der Waals surface area (Å²) in [7, 11) is 0. The third-order valence-electron chi connectivity index (χ3n) is 4.30. The van der Waals surface area contributed by atoms with E-state index in [9.17, 15) is 14.4 Å². The molecule has 6 nitrogen and oxygen atoms in total. The monoisotopic (exact) mass is 386 g/mol. The van der Waals surface area contributed by atoms with Crippen LogP contribution in [0.1, 0.15) is 23.7 Å². The van der Waals surface area contributed by atoms with E-state index >= 15 is 0 Å². The number of amides is 2. The van der Waals surface area contributed by atoms with Crippen LogP contribution in [0.25, 0.3) is 0 Å². The average Bonchev–Trinajstić information content (AvgIpc) is 3.04. The lowest BCUT2D eigenvalue weighted by molar-refractivity contribution is -0.122. The fourth-order valence-corrected chi connectivity index (χ4v) is 3.17. The first-order chi connectivity index (χ1) is 13.0. The number of ether oxygens (including phenoxy) is 1. The van der Waals surface area contributed by atoms with Crippen LogP contribution in [0.15, 0.2) is 48.5 Å². The normalized spacial score (nSPS) is 16.3. The first-order valence-corrected chi connectivity index (χ1v) is 9.00. The van der Waals surface area contributed by atoms with Gasteiger partial charge in [0.25, 0.3) is 0 Å². The third kappa shape index (κ3) is 4.28. The molecule has 0 radical (unpaired) electrons. The maximum absolute atomic E-state index is 12.5. The second-order valence-corrected chi connectivity index (χ2v) is 6.55. The summed E-state index contributed by atoms with van der Waals surface area (Å²) >= 11 is 6.16. The molecule has 1 saturated heterocycles. The van der Waals surface area contributed by atoms with E-state index < -0.39 is 11.9 Å². The van der Waals surface area contributed by atoms with Crippen LogP contribution in [0.5, 0.6) is 0 Å². The van der Waals surface area contributed by atoms with Crippen molar-refractivity contribution in [2.24, 2.45) is 5.92 Å². The number of rotatable bonds is 5. The fourth-order valence-electron chi connectivity index (χ4n) is 2.94. The molecule has 1 aliphatic rings. The van der Waals surface area contributed by atoms with Crippen molar-refractivity contribution < 1.29 is 19.1 Å². The molecule has 2 aromatic carbocycles. The molecule has 2 amide bonds. The van der Waals surface area contributed by atoms with E-state index in [0.717, 1.165) is 0 Å². The molecule has 1 atom stereocenters. The van der Waals surface area contributed by atoms with Gasteiger partial charge in [0, 0.05) is 18.7 Å². The summed E-state index contributed by atoms with van der Waals surface area (Å²) in [5.74, 6) is -1.27. The Balaban J connectivity index is 1.64. The molecule has 1 aliphatic heterocycles. The van der Waals surface area contributed by atoms with E-state index in [1.54, 1.807) is 55.5 Å². The minimum Gasteiger partial charge on any atom is -0.462 e. The molecule has 0 saturated carbocycles. The predicted molar refractivity (Wildman–Crippen MR) is 103 cm³/mol. The number of benzene rings is 2. The lowest BCUT2D eigenvalue weighted by Gasteiger charge is -2.18. The van der Waals surface area contributed by atoms with Gasteiger partial charge in [0.1, 0.15) is 0 Å². The number of carbonyl (C=O) groups excluding carboxylic acids is 3. The maximum Gasteiger partial charge on any atom is 0.338 e. The number of anilines is 2. The largest absolute Gasteiger partial charge is 0.462 e. The minimum atomic E-state index is -0.474. The van der Waals surface area contributed by atoms with Crippen LogP contribution in [-0.4, -0.2) is 30.9 Å². The van der Waals surface area contributed by atoms with E-state index in [1.807, 2.05) is 0 Å². The van der Waals surface area contributed by atoms with E-state index in [2.05, 4.69) is 5.32 Å². The van der Waals surface area contributed by atoms with Crippen molar-refractivity contribution in [3.63, 3.8) is 0 Å². The average molecular weight is 387 g/mol. The molecular weight excluding hydrogens is 368 g/mol. The highest BCUT2D eigenvalue weighted by molar-refractivity contribution is 6.33. The molecule has 3 rings (SSSR count). The maximum atomic E-state index is 12.5. The Hall–Kier alpha value is -2.86. The summed E-state index contributed by atoms with van der Waals surface area (Å²) in [5.41, 5.74) is 1.57. The highest BCUT2D eigenvalue weighted by Gasteiger charge is 2.35. The number of esters is 1. The topological polar surface area (TPSA) is 75.7 Å². The number of nitrogens with zero attached hydrogens (tertiary/aromatic N) is 1. The molecule has 1 heterocycles. The van der Waals surface area contributed by atoms with E-state index in [1.165, 1.54) is 4.90 Å². The molecule has 1 unspecified atom stereocenters. The molecule has 1 fully saturated rings. The van der Waals surface area contributed by atoms with Crippen LogP contribution in [0.3, 0.4) is 0 Å². The van der Waals surface area contributed by atoms with Crippen molar-refractivity contribution in [1.29, 1.82) is 0 Å². The summed E-state index contributed by atoms with van der Waals surface area (Å²) in [6.45, 7) is 2.31. The summed E-state index contributed by atoms with van der Waals surface area (Å²) in [6.07, 6.45) is 0.123. The van der Waals surface area contributed by atoms with Crippen molar-refractivity contribution in [2.75, 3.05) is 23.4 Å². The number of carbonyl (C=O) groups is 3. The molecule has 27 heavy (non-hydrogen) atoms. The molecule has 7 heteroatoms. The molecule has 0 bridgehead atoms. The van der Waals surface area contributed by atoms with Crippen molar-refractivity contribution in [2.45, 2.75) is 13.3 Å². The lowest BCUT2D eigenvalue weighted by atomic mass is 10.1. The quantitative estimate of drug-likeness (QED) is 0.798. The predicted octanol–water partition coefficient (Wildman–Crippen LogP) is 3.51. The van der Waals surface area contributed by atoms with Gasteiger partial charge in [0.05, 0.1) is 28.8 Å². The Labute approximate surface area is 162 Å². The number of halogens is 1. The summed E-state index contributed by atoms with van der Waals surface area (Å²) < 4.78 is 4.93. The first-order valence-electron chi connectivity index (χ1n) is 8.62. The van der Waals surface area contributed by atoms with Crippen LogP contribution >= 0.6 is 11.6 Å². The molecular formula is C20H19ClN2O4. The molecule has 0 spiro atoms. The molecule has 1 N–H and O–H groups in total. The SMILES string of the molecule is CCOC(=O)c1ccc(NC(=O)C2CC(=O)N(c3ccccc3Cl)C2)cc1. The molecule has 0 aliphatic carbocycles. The lowest BCUT2D eigenvalue weighted by Crippen LogP contribution is -2.28. The summed E-state index contributed by atoms with van der Waals surface area (Å²) in [5, 5.41) is 3.26. The van der Waals surface area contributed by atoms with Gasteiger partial charge in [-0.3, -0.25) is 9.59 Å². The van der Waals surface area contributed by atoms with E-state index in [0.29, 0.717) is 28.6 Å². The molecule has 140 valence electrons. The van der Waals surface area contributed by atoms with Crippen molar-refractivity contribution in [1.82, 2.24) is 0 Å².